The van der Waals surface area contributed by atoms with Crippen LogP contribution in [0, 0.1) is 27.7 Å². The van der Waals surface area contributed by atoms with Gasteiger partial charge in [-0.1, -0.05) is 6.07 Å². The van der Waals surface area contributed by atoms with E-state index in [0.29, 0.717) is 6.54 Å². The number of quaternary nitrogens is 1. The number of aryl methyl sites for hydroxylation is 3. The van der Waals surface area contributed by atoms with Crippen molar-refractivity contribution in [2.75, 3.05) is 19.6 Å². The predicted molar refractivity (Wildman–Crippen MR) is 105 cm³/mol. The number of Topliss-reactive ketones (excluding diaryl/α,β-unsaturated/α-hetero) is 1. The first-order valence-electron chi connectivity index (χ1n) is 9.55. The van der Waals surface area contributed by atoms with Gasteiger partial charge in [-0.3, -0.25) is 4.79 Å². The fourth-order valence-corrected chi connectivity index (χ4v) is 4.16. The summed E-state index contributed by atoms with van der Waals surface area (Å²) in [6.07, 6.45) is 0.425. The molecule has 1 aromatic carbocycles. The molecule has 4 nitrogen and oxygen atoms in total. The van der Waals surface area contributed by atoms with Gasteiger partial charge in [0.2, 0.25) is 5.78 Å². The zero-order valence-corrected chi connectivity index (χ0v) is 16.8. The van der Waals surface area contributed by atoms with E-state index in [4.69, 9.17) is 4.74 Å². The van der Waals surface area contributed by atoms with Crippen LogP contribution in [-0.4, -0.2) is 42.2 Å². The molecule has 0 spiro atoms. The summed E-state index contributed by atoms with van der Waals surface area (Å²) in [5, 5.41) is 0. The van der Waals surface area contributed by atoms with Gasteiger partial charge in [0.15, 0.2) is 0 Å². The quantitative estimate of drug-likeness (QED) is 0.856. The second-order valence-corrected chi connectivity index (χ2v) is 7.90. The van der Waals surface area contributed by atoms with Gasteiger partial charge in [-0.2, -0.15) is 0 Å². The van der Waals surface area contributed by atoms with Crippen LogP contribution >= 0.6 is 0 Å². The van der Waals surface area contributed by atoms with Crippen molar-refractivity contribution >= 4 is 5.78 Å². The molecule has 140 valence electrons. The fraction of sp³-hybridized carbons (Fsp3) is 0.500. The van der Waals surface area contributed by atoms with E-state index in [9.17, 15) is 4.79 Å². The van der Waals surface area contributed by atoms with Gasteiger partial charge in [0.1, 0.15) is 31.8 Å². The summed E-state index contributed by atoms with van der Waals surface area (Å²) in [4.78, 5) is 14.3. The number of nitrogens with zero attached hydrogens (tertiary/aromatic N) is 1. The SMILES string of the molecule is Cc1ccc(-n2c(C)cc(C(=O)C[NH+]3CC(C)OC(C)C3)c2C)cc1C. The van der Waals surface area contributed by atoms with Crippen LogP contribution in [0.25, 0.3) is 5.69 Å². The second-order valence-electron chi connectivity index (χ2n) is 7.90. The van der Waals surface area contributed by atoms with Crippen LogP contribution in [-0.2, 0) is 4.74 Å². The zero-order valence-electron chi connectivity index (χ0n) is 16.8. The molecule has 0 radical (unpaired) electrons. The number of morpholine rings is 1. The maximum atomic E-state index is 13.0. The summed E-state index contributed by atoms with van der Waals surface area (Å²) >= 11 is 0. The van der Waals surface area contributed by atoms with Crippen LogP contribution in [0.4, 0.5) is 0 Å². The molecule has 1 aliphatic heterocycles. The number of hydrogen-bond donors (Lipinski definition) is 1. The molecule has 2 unspecified atom stereocenters. The molecule has 0 amide bonds. The number of ketones is 1. The van der Waals surface area contributed by atoms with E-state index < -0.39 is 0 Å². The molecular weight excluding hydrogens is 324 g/mol. The number of carbonyl (C=O) groups excluding carboxylic acids is 1. The van der Waals surface area contributed by atoms with E-state index in [1.165, 1.54) is 16.0 Å². The number of rotatable bonds is 4. The molecular formula is C22H31N2O2+. The molecule has 4 heteroatoms. The molecule has 0 aliphatic carbocycles. The Balaban J connectivity index is 1.85. The molecule has 3 rings (SSSR count). The van der Waals surface area contributed by atoms with Crippen molar-refractivity contribution in [2.24, 2.45) is 0 Å². The van der Waals surface area contributed by atoms with Gasteiger partial charge in [0, 0.05) is 22.6 Å². The molecule has 1 aliphatic rings. The Hall–Kier alpha value is -1.91. The highest BCUT2D eigenvalue weighted by molar-refractivity contribution is 5.98. The van der Waals surface area contributed by atoms with Gasteiger partial charge in [-0.15, -0.1) is 0 Å². The maximum absolute atomic E-state index is 13.0. The van der Waals surface area contributed by atoms with Crippen molar-refractivity contribution in [2.45, 2.75) is 53.8 Å². The minimum atomic E-state index is 0.213. The van der Waals surface area contributed by atoms with Gasteiger partial charge in [0.05, 0.1) is 0 Å². The summed E-state index contributed by atoms with van der Waals surface area (Å²) in [6.45, 7) is 14.9. The highest BCUT2D eigenvalue weighted by Gasteiger charge is 2.28. The van der Waals surface area contributed by atoms with Crippen molar-refractivity contribution < 1.29 is 14.4 Å². The lowest BCUT2D eigenvalue weighted by Gasteiger charge is -2.31. The monoisotopic (exact) mass is 355 g/mol. The van der Waals surface area contributed by atoms with Crippen LogP contribution < -0.4 is 4.90 Å². The van der Waals surface area contributed by atoms with Crippen LogP contribution in [0.15, 0.2) is 24.3 Å². The summed E-state index contributed by atoms with van der Waals surface area (Å²) in [7, 11) is 0. The normalized spacial score (nSPS) is 23.2. The Bertz CT molecular complexity index is 812. The molecule has 1 aromatic heterocycles. The number of benzene rings is 1. The molecule has 0 bridgehead atoms. The van der Waals surface area contributed by atoms with Crippen LogP contribution in [0.2, 0.25) is 0 Å². The molecule has 2 heterocycles. The minimum Gasteiger partial charge on any atom is -0.364 e. The zero-order chi connectivity index (χ0) is 19.0. The largest absolute Gasteiger partial charge is 0.364 e. The first-order chi connectivity index (χ1) is 12.3. The topological polar surface area (TPSA) is 35.7 Å². The standard InChI is InChI=1S/C22H30N2O2/c1-14-7-8-20(9-15(14)2)24-16(3)10-21(19(24)6)22(25)13-23-11-17(4)26-18(5)12-23/h7-10,17-18H,11-13H2,1-6H3/p+1. The van der Waals surface area contributed by atoms with Crippen LogP contribution in [0.1, 0.15) is 46.7 Å². The van der Waals surface area contributed by atoms with Gasteiger partial charge < -0.3 is 14.2 Å². The molecule has 1 saturated heterocycles. The molecule has 1 N–H and O–H groups in total. The van der Waals surface area contributed by atoms with Crippen molar-refractivity contribution in [1.82, 2.24) is 4.57 Å². The average molecular weight is 356 g/mol. The van der Waals surface area contributed by atoms with Gasteiger partial charge >= 0.3 is 0 Å². The summed E-state index contributed by atoms with van der Waals surface area (Å²) in [5.74, 6) is 0.226. The minimum absolute atomic E-state index is 0.213. The molecule has 2 atom stereocenters. The highest BCUT2D eigenvalue weighted by atomic mass is 16.5. The highest BCUT2D eigenvalue weighted by Crippen LogP contribution is 2.23. The lowest BCUT2D eigenvalue weighted by molar-refractivity contribution is -0.906. The number of nitrogens with one attached hydrogen (secondary N) is 1. The maximum Gasteiger partial charge on any atom is 0.218 e. The van der Waals surface area contributed by atoms with Crippen LogP contribution in [0.5, 0.6) is 0 Å². The molecule has 0 saturated carbocycles. The Morgan fingerprint density at radius 1 is 1.08 bits per heavy atom. The number of ether oxygens (including phenoxy) is 1. The van der Waals surface area contributed by atoms with E-state index in [-0.39, 0.29) is 18.0 Å². The van der Waals surface area contributed by atoms with Crippen molar-refractivity contribution in [1.29, 1.82) is 0 Å². The molecule has 2 aromatic rings. The van der Waals surface area contributed by atoms with E-state index in [1.54, 1.807) is 0 Å². The third kappa shape index (κ3) is 3.76. The molecule has 26 heavy (non-hydrogen) atoms. The molecule has 1 fully saturated rings. The first-order valence-corrected chi connectivity index (χ1v) is 9.55. The number of hydrogen-bond acceptors (Lipinski definition) is 2. The Morgan fingerprint density at radius 2 is 1.73 bits per heavy atom. The van der Waals surface area contributed by atoms with Gasteiger partial charge in [0.25, 0.3) is 0 Å². The Morgan fingerprint density at radius 3 is 2.35 bits per heavy atom. The smallest absolute Gasteiger partial charge is 0.218 e. The number of carbonyl (C=O) groups is 1. The van der Waals surface area contributed by atoms with E-state index in [1.807, 2.05) is 6.07 Å². The first kappa shape index (κ1) is 18.9. The second kappa shape index (κ2) is 7.37. The average Bonchev–Trinajstić information content (AvgIpc) is 2.84. The Labute approximate surface area is 156 Å². The van der Waals surface area contributed by atoms with Crippen molar-refractivity contribution in [3.63, 3.8) is 0 Å². The van der Waals surface area contributed by atoms with Crippen LogP contribution in [0.3, 0.4) is 0 Å². The number of aromatic nitrogens is 1. The van der Waals surface area contributed by atoms with Gasteiger partial charge in [-0.25, -0.2) is 0 Å². The van der Waals surface area contributed by atoms with E-state index in [0.717, 1.165) is 35.7 Å². The van der Waals surface area contributed by atoms with Crippen molar-refractivity contribution in [3.05, 3.63) is 52.3 Å². The summed E-state index contributed by atoms with van der Waals surface area (Å²) in [5.41, 5.74) is 6.66. The van der Waals surface area contributed by atoms with E-state index >= 15 is 0 Å². The third-order valence-corrected chi connectivity index (χ3v) is 5.51. The Kier molecular flexibility index (Phi) is 5.35. The van der Waals surface area contributed by atoms with Gasteiger partial charge in [-0.05, 0) is 70.9 Å². The summed E-state index contributed by atoms with van der Waals surface area (Å²) in [6, 6.07) is 8.51. The van der Waals surface area contributed by atoms with E-state index in [2.05, 4.69) is 64.3 Å². The predicted octanol–water partition coefficient (Wildman–Crippen LogP) is 2.59. The summed E-state index contributed by atoms with van der Waals surface area (Å²) < 4.78 is 7.99. The third-order valence-electron chi connectivity index (χ3n) is 5.51. The fourth-order valence-electron chi connectivity index (χ4n) is 4.16. The lowest BCUT2D eigenvalue weighted by atomic mass is 10.1. The van der Waals surface area contributed by atoms with Crippen molar-refractivity contribution in [3.8, 4) is 5.69 Å². The lowest BCUT2D eigenvalue weighted by Crippen LogP contribution is -3.16.